The molecule has 0 saturated heterocycles. The second kappa shape index (κ2) is 6.66. The Labute approximate surface area is 115 Å². The van der Waals surface area contributed by atoms with E-state index in [-0.39, 0.29) is 5.82 Å². The number of halogens is 2. The van der Waals surface area contributed by atoms with Gasteiger partial charge in [0.05, 0.1) is 0 Å². The van der Waals surface area contributed by atoms with Crippen LogP contribution >= 0.6 is 23.4 Å². The smallest absolute Gasteiger partial charge is 0.124 e. The highest BCUT2D eigenvalue weighted by molar-refractivity contribution is 7.99. The number of hydrogen-bond acceptors (Lipinski definition) is 2. The Kier molecular flexibility index (Phi) is 4.90. The van der Waals surface area contributed by atoms with E-state index in [1.165, 1.54) is 6.07 Å². The van der Waals surface area contributed by atoms with Gasteiger partial charge in [0.25, 0.3) is 0 Å². The van der Waals surface area contributed by atoms with Crippen LogP contribution in [0.5, 0.6) is 0 Å². The van der Waals surface area contributed by atoms with Gasteiger partial charge in [-0.2, -0.15) is 0 Å². The predicted molar refractivity (Wildman–Crippen MR) is 77.1 cm³/mol. The molecule has 94 valence electrons. The molecule has 0 aliphatic heterocycles. The van der Waals surface area contributed by atoms with E-state index in [9.17, 15) is 4.39 Å². The SMILES string of the molecule is Fc1cccc(SCCNc2ccc(Cl)cc2)c1. The Balaban J connectivity index is 1.74. The molecule has 0 radical (unpaired) electrons. The van der Waals surface area contributed by atoms with Gasteiger partial charge in [-0.1, -0.05) is 17.7 Å². The molecule has 0 unspecified atom stereocenters. The average molecular weight is 282 g/mol. The Hall–Kier alpha value is -1.19. The van der Waals surface area contributed by atoms with Crippen LogP contribution in [0.25, 0.3) is 0 Å². The number of rotatable bonds is 5. The molecule has 2 aromatic rings. The second-order valence-corrected chi connectivity index (χ2v) is 5.34. The summed E-state index contributed by atoms with van der Waals surface area (Å²) in [7, 11) is 0. The number of nitrogens with one attached hydrogen (secondary N) is 1. The van der Waals surface area contributed by atoms with Crippen molar-refractivity contribution in [2.24, 2.45) is 0 Å². The Bertz CT molecular complexity index is 501. The summed E-state index contributed by atoms with van der Waals surface area (Å²) in [4.78, 5) is 0.952. The maximum absolute atomic E-state index is 12.9. The molecule has 2 rings (SSSR count). The van der Waals surface area contributed by atoms with Gasteiger partial charge < -0.3 is 5.32 Å². The van der Waals surface area contributed by atoms with Gasteiger partial charge in [-0.3, -0.25) is 0 Å². The summed E-state index contributed by atoms with van der Waals surface area (Å²) in [6, 6.07) is 14.2. The van der Waals surface area contributed by atoms with Gasteiger partial charge >= 0.3 is 0 Å². The summed E-state index contributed by atoms with van der Waals surface area (Å²) in [5, 5.41) is 4.01. The minimum absolute atomic E-state index is 0.189. The van der Waals surface area contributed by atoms with Crippen LogP contribution in [0, 0.1) is 5.82 Å². The average Bonchev–Trinajstić information content (AvgIpc) is 2.37. The zero-order chi connectivity index (χ0) is 12.8. The largest absolute Gasteiger partial charge is 0.384 e. The molecule has 0 bridgehead atoms. The molecule has 0 spiro atoms. The van der Waals surface area contributed by atoms with Crippen LogP contribution in [0.4, 0.5) is 10.1 Å². The molecule has 0 saturated carbocycles. The van der Waals surface area contributed by atoms with Gasteiger partial charge in [0.2, 0.25) is 0 Å². The normalized spacial score (nSPS) is 10.3. The van der Waals surface area contributed by atoms with Gasteiger partial charge in [0, 0.05) is 27.9 Å². The lowest BCUT2D eigenvalue weighted by Crippen LogP contribution is -2.03. The Morgan fingerprint density at radius 3 is 2.61 bits per heavy atom. The summed E-state index contributed by atoms with van der Waals surface area (Å²) >= 11 is 7.43. The van der Waals surface area contributed by atoms with Crippen molar-refractivity contribution in [1.82, 2.24) is 0 Å². The van der Waals surface area contributed by atoms with Crippen LogP contribution < -0.4 is 5.32 Å². The predicted octanol–water partition coefficient (Wildman–Crippen LogP) is 4.68. The molecule has 2 aromatic carbocycles. The highest BCUT2D eigenvalue weighted by Gasteiger charge is 1.96. The van der Waals surface area contributed by atoms with Crippen LogP contribution in [-0.2, 0) is 0 Å². The quantitative estimate of drug-likeness (QED) is 0.631. The molecule has 0 heterocycles. The van der Waals surface area contributed by atoms with E-state index in [1.54, 1.807) is 23.9 Å². The molecule has 1 nitrogen and oxygen atoms in total. The fourth-order valence-electron chi connectivity index (χ4n) is 1.49. The lowest BCUT2D eigenvalue weighted by Gasteiger charge is -2.06. The van der Waals surface area contributed by atoms with Crippen molar-refractivity contribution in [2.75, 3.05) is 17.6 Å². The first-order valence-corrected chi connectivity index (χ1v) is 6.98. The van der Waals surface area contributed by atoms with Gasteiger partial charge in [0.15, 0.2) is 0 Å². The first-order chi connectivity index (χ1) is 8.74. The maximum atomic E-state index is 12.9. The number of anilines is 1. The zero-order valence-electron chi connectivity index (χ0n) is 9.70. The fourth-order valence-corrected chi connectivity index (χ4v) is 2.43. The molecule has 0 aliphatic rings. The summed E-state index contributed by atoms with van der Waals surface area (Å²) in [5.74, 6) is 0.692. The van der Waals surface area contributed by atoms with Crippen LogP contribution in [0.2, 0.25) is 5.02 Å². The molecule has 18 heavy (non-hydrogen) atoms. The third kappa shape index (κ3) is 4.24. The van der Waals surface area contributed by atoms with Gasteiger partial charge in [-0.05, 0) is 42.5 Å². The van der Waals surface area contributed by atoms with Crippen LogP contribution in [-0.4, -0.2) is 12.3 Å². The number of hydrogen-bond donors (Lipinski definition) is 1. The van der Waals surface area contributed by atoms with Crippen LogP contribution in [0.1, 0.15) is 0 Å². The molecular weight excluding hydrogens is 269 g/mol. The van der Waals surface area contributed by atoms with E-state index >= 15 is 0 Å². The van der Waals surface area contributed by atoms with E-state index in [2.05, 4.69) is 5.32 Å². The molecule has 0 aliphatic carbocycles. The van der Waals surface area contributed by atoms with Crippen LogP contribution in [0.3, 0.4) is 0 Å². The van der Waals surface area contributed by atoms with Gasteiger partial charge in [-0.15, -0.1) is 11.8 Å². The van der Waals surface area contributed by atoms with Crippen molar-refractivity contribution >= 4 is 29.1 Å². The van der Waals surface area contributed by atoms with Crippen molar-refractivity contribution in [3.63, 3.8) is 0 Å². The summed E-state index contributed by atoms with van der Waals surface area (Å²) < 4.78 is 12.9. The van der Waals surface area contributed by atoms with Crippen molar-refractivity contribution in [3.8, 4) is 0 Å². The second-order valence-electron chi connectivity index (χ2n) is 3.74. The maximum Gasteiger partial charge on any atom is 0.124 e. The Morgan fingerprint density at radius 1 is 1.11 bits per heavy atom. The topological polar surface area (TPSA) is 12.0 Å². The first kappa shape index (κ1) is 13.2. The van der Waals surface area contributed by atoms with Crippen molar-refractivity contribution < 1.29 is 4.39 Å². The number of benzene rings is 2. The summed E-state index contributed by atoms with van der Waals surface area (Å²) in [5.41, 5.74) is 1.04. The molecule has 1 N–H and O–H groups in total. The van der Waals surface area contributed by atoms with E-state index in [4.69, 9.17) is 11.6 Å². The van der Waals surface area contributed by atoms with Crippen molar-refractivity contribution in [3.05, 3.63) is 59.4 Å². The number of thioether (sulfide) groups is 1. The Morgan fingerprint density at radius 2 is 1.89 bits per heavy atom. The lowest BCUT2D eigenvalue weighted by molar-refractivity contribution is 0.624. The van der Waals surface area contributed by atoms with E-state index < -0.39 is 0 Å². The van der Waals surface area contributed by atoms with E-state index in [1.807, 2.05) is 30.3 Å². The van der Waals surface area contributed by atoms with Crippen LogP contribution in [0.15, 0.2) is 53.4 Å². The molecule has 0 atom stereocenters. The fraction of sp³-hybridized carbons (Fsp3) is 0.143. The highest BCUT2D eigenvalue weighted by Crippen LogP contribution is 2.19. The molecule has 0 amide bonds. The molecule has 0 fully saturated rings. The van der Waals surface area contributed by atoms with Crippen molar-refractivity contribution in [1.29, 1.82) is 0 Å². The van der Waals surface area contributed by atoms with Gasteiger partial charge in [0.1, 0.15) is 5.82 Å². The van der Waals surface area contributed by atoms with E-state index in [0.717, 1.165) is 27.9 Å². The minimum atomic E-state index is -0.189. The third-order valence-corrected chi connectivity index (χ3v) is 3.59. The minimum Gasteiger partial charge on any atom is -0.384 e. The standard InChI is InChI=1S/C14H13ClFNS/c15-11-4-6-13(7-5-11)17-8-9-18-14-3-1-2-12(16)10-14/h1-7,10,17H,8-9H2. The lowest BCUT2D eigenvalue weighted by atomic mass is 10.3. The van der Waals surface area contributed by atoms with E-state index in [0.29, 0.717) is 0 Å². The van der Waals surface area contributed by atoms with Gasteiger partial charge in [-0.25, -0.2) is 4.39 Å². The molecule has 4 heteroatoms. The summed E-state index contributed by atoms with van der Waals surface area (Å²) in [6.45, 7) is 0.822. The first-order valence-electron chi connectivity index (χ1n) is 5.62. The zero-order valence-corrected chi connectivity index (χ0v) is 11.3. The third-order valence-electron chi connectivity index (χ3n) is 2.34. The monoisotopic (exact) mass is 281 g/mol. The van der Waals surface area contributed by atoms with Crippen molar-refractivity contribution in [2.45, 2.75) is 4.90 Å². The summed E-state index contributed by atoms with van der Waals surface area (Å²) in [6.07, 6.45) is 0. The molecular formula is C14H13ClFNS. The highest BCUT2D eigenvalue weighted by atomic mass is 35.5. The molecule has 0 aromatic heterocycles.